The van der Waals surface area contributed by atoms with Crippen LogP contribution in [0.4, 0.5) is 10.1 Å². The number of aryl methyl sites for hydroxylation is 1. The Morgan fingerprint density at radius 1 is 0.870 bits per heavy atom. The van der Waals surface area contributed by atoms with Gasteiger partial charge in [-0.3, -0.25) is 13.9 Å². The Balaban J connectivity index is 1.82. The third-order valence-electron chi connectivity index (χ3n) is 7.61. The van der Waals surface area contributed by atoms with Crippen LogP contribution in [0.5, 0.6) is 0 Å². The van der Waals surface area contributed by atoms with E-state index in [1.807, 2.05) is 51.1 Å². The number of hydrogen-bond donors (Lipinski definition) is 1. The van der Waals surface area contributed by atoms with Crippen LogP contribution < -0.4 is 9.62 Å². The van der Waals surface area contributed by atoms with Crippen LogP contribution in [0.25, 0.3) is 0 Å². The highest BCUT2D eigenvalue weighted by molar-refractivity contribution is 7.92. The molecule has 0 fully saturated rings. The highest BCUT2D eigenvalue weighted by atomic mass is 35.5. The Bertz CT molecular complexity index is 1760. The topological polar surface area (TPSA) is 86.8 Å². The van der Waals surface area contributed by atoms with E-state index in [2.05, 4.69) is 5.32 Å². The van der Waals surface area contributed by atoms with E-state index in [0.29, 0.717) is 17.0 Å². The molecule has 46 heavy (non-hydrogen) atoms. The first-order chi connectivity index (χ1) is 21.9. The maximum atomic E-state index is 14.5. The van der Waals surface area contributed by atoms with Crippen molar-refractivity contribution >= 4 is 50.7 Å². The van der Waals surface area contributed by atoms with E-state index in [1.54, 1.807) is 42.5 Å². The summed E-state index contributed by atoms with van der Waals surface area (Å²) < 4.78 is 42.8. The highest BCUT2D eigenvalue weighted by Gasteiger charge is 2.35. The number of carbonyl (C=O) groups is 2. The predicted octanol–water partition coefficient (Wildman–Crippen LogP) is 7.19. The molecule has 2 atom stereocenters. The summed E-state index contributed by atoms with van der Waals surface area (Å²) in [4.78, 5) is 29.6. The van der Waals surface area contributed by atoms with Crippen molar-refractivity contribution in [3.05, 3.63) is 130 Å². The third kappa shape index (κ3) is 8.87. The van der Waals surface area contributed by atoms with Crippen LogP contribution >= 0.6 is 23.2 Å². The Labute approximate surface area is 280 Å². The number of halogens is 3. The first kappa shape index (κ1) is 34.9. The average molecular weight is 685 g/mol. The van der Waals surface area contributed by atoms with Crippen molar-refractivity contribution in [1.29, 1.82) is 0 Å². The van der Waals surface area contributed by atoms with Gasteiger partial charge in [0.2, 0.25) is 11.8 Å². The fourth-order valence-electron chi connectivity index (χ4n) is 4.80. The zero-order valence-electron chi connectivity index (χ0n) is 25.8. The maximum Gasteiger partial charge on any atom is 0.264 e. The van der Waals surface area contributed by atoms with E-state index in [9.17, 15) is 22.4 Å². The summed E-state index contributed by atoms with van der Waals surface area (Å²) in [7, 11) is -4.35. The average Bonchev–Trinajstić information content (AvgIpc) is 3.04. The van der Waals surface area contributed by atoms with E-state index in [-0.39, 0.29) is 40.5 Å². The number of nitrogens with zero attached hydrogens (tertiary/aromatic N) is 2. The minimum Gasteiger partial charge on any atom is -0.352 e. The highest BCUT2D eigenvalue weighted by Crippen LogP contribution is 2.27. The van der Waals surface area contributed by atoms with Crippen LogP contribution in [0.1, 0.15) is 37.0 Å². The quantitative estimate of drug-likeness (QED) is 0.162. The van der Waals surface area contributed by atoms with Crippen molar-refractivity contribution in [2.75, 3.05) is 10.8 Å². The number of hydrogen-bond acceptors (Lipinski definition) is 4. The molecule has 4 aromatic rings. The van der Waals surface area contributed by atoms with Crippen molar-refractivity contribution in [3.63, 3.8) is 0 Å². The minimum atomic E-state index is -4.35. The standard InChI is InChI=1S/C35H36Cl2FN3O4S/c1-4-25(3)39-35(43)33(21-26-8-6-5-7-9-26)40(22-27-12-19-31(36)32(37)20-27)34(42)23-41(29-15-10-24(2)11-16-29)46(44,45)30-17-13-28(38)14-18-30/h5-20,25,33H,4,21-23H2,1-3H3,(H,39,43)/t25-,33-/m0/s1. The molecular formula is C35H36Cl2FN3O4S. The molecule has 0 aliphatic carbocycles. The minimum absolute atomic E-state index is 0.0561. The Hall–Kier alpha value is -3.92. The largest absolute Gasteiger partial charge is 0.352 e. The van der Waals surface area contributed by atoms with Gasteiger partial charge >= 0.3 is 0 Å². The van der Waals surface area contributed by atoms with Crippen molar-refractivity contribution in [2.24, 2.45) is 0 Å². The summed E-state index contributed by atoms with van der Waals surface area (Å²) >= 11 is 12.5. The van der Waals surface area contributed by atoms with Crippen molar-refractivity contribution < 1.29 is 22.4 Å². The second-order valence-electron chi connectivity index (χ2n) is 11.1. The molecular weight excluding hydrogens is 648 g/mol. The van der Waals surface area contributed by atoms with Gasteiger partial charge in [-0.05, 0) is 79.9 Å². The van der Waals surface area contributed by atoms with E-state index in [1.165, 1.54) is 4.90 Å². The first-order valence-electron chi connectivity index (χ1n) is 14.8. The fraction of sp³-hybridized carbons (Fsp3) is 0.257. The molecule has 4 rings (SSSR count). The lowest BCUT2D eigenvalue weighted by molar-refractivity contribution is -0.140. The third-order valence-corrected chi connectivity index (χ3v) is 10.1. The Morgan fingerprint density at radius 2 is 1.52 bits per heavy atom. The van der Waals surface area contributed by atoms with E-state index in [4.69, 9.17) is 23.2 Å². The van der Waals surface area contributed by atoms with Gasteiger partial charge in [0.1, 0.15) is 18.4 Å². The Morgan fingerprint density at radius 3 is 2.13 bits per heavy atom. The molecule has 0 aliphatic heterocycles. The SMILES string of the molecule is CC[C@H](C)NC(=O)[C@H](Cc1ccccc1)N(Cc1ccc(Cl)c(Cl)c1)C(=O)CN(c1ccc(C)cc1)S(=O)(=O)c1ccc(F)cc1. The lowest BCUT2D eigenvalue weighted by Gasteiger charge is -2.34. The predicted molar refractivity (Wildman–Crippen MR) is 181 cm³/mol. The molecule has 0 heterocycles. The van der Waals surface area contributed by atoms with Gasteiger partial charge in [-0.2, -0.15) is 0 Å². The van der Waals surface area contributed by atoms with Crippen LogP contribution in [0.15, 0.2) is 102 Å². The van der Waals surface area contributed by atoms with Crippen LogP contribution in [-0.2, 0) is 32.6 Å². The molecule has 0 saturated carbocycles. The second-order valence-corrected chi connectivity index (χ2v) is 13.8. The number of nitrogens with one attached hydrogen (secondary N) is 1. The van der Waals surface area contributed by atoms with Crippen LogP contribution in [0.2, 0.25) is 10.0 Å². The molecule has 0 aromatic heterocycles. The van der Waals surface area contributed by atoms with Crippen molar-refractivity contribution in [3.8, 4) is 0 Å². The molecule has 0 bridgehead atoms. The molecule has 0 radical (unpaired) electrons. The molecule has 2 amide bonds. The number of anilines is 1. The van der Waals surface area contributed by atoms with Gasteiger partial charge < -0.3 is 10.2 Å². The molecule has 0 saturated heterocycles. The zero-order chi connectivity index (χ0) is 33.4. The number of amides is 2. The monoisotopic (exact) mass is 683 g/mol. The molecule has 0 aliphatic rings. The van der Waals surface area contributed by atoms with Gasteiger partial charge in [0, 0.05) is 19.0 Å². The lowest BCUT2D eigenvalue weighted by Crippen LogP contribution is -2.54. The number of sulfonamides is 1. The molecule has 7 nitrogen and oxygen atoms in total. The van der Waals surface area contributed by atoms with E-state index in [0.717, 1.165) is 39.7 Å². The lowest BCUT2D eigenvalue weighted by atomic mass is 10.0. The molecule has 4 aromatic carbocycles. The van der Waals surface area contributed by atoms with Gasteiger partial charge in [0.25, 0.3) is 10.0 Å². The fourth-order valence-corrected chi connectivity index (χ4v) is 6.54. The van der Waals surface area contributed by atoms with Gasteiger partial charge in [-0.15, -0.1) is 0 Å². The second kappa shape index (κ2) is 15.6. The van der Waals surface area contributed by atoms with E-state index >= 15 is 0 Å². The van der Waals surface area contributed by atoms with Crippen LogP contribution in [0, 0.1) is 12.7 Å². The zero-order valence-corrected chi connectivity index (χ0v) is 28.1. The summed E-state index contributed by atoms with van der Waals surface area (Å²) in [5.41, 5.74) is 2.54. The first-order valence-corrected chi connectivity index (χ1v) is 17.0. The van der Waals surface area contributed by atoms with Gasteiger partial charge in [0.15, 0.2) is 0 Å². The van der Waals surface area contributed by atoms with Crippen LogP contribution in [-0.4, -0.2) is 43.8 Å². The summed E-state index contributed by atoms with van der Waals surface area (Å²) in [6.45, 7) is 4.98. The summed E-state index contributed by atoms with van der Waals surface area (Å²) in [6, 6.07) is 24.1. The van der Waals surface area contributed by atoms with E-state index < -0.39 is 34.3 Å². The molecule has 0 spiro atoms. The van der Waals surface area contributed by atoms with Crippen molar-refractivity contribution in [2.45, 2.75) is 57.1 Å². The Kier molecular flexibility index (Phi) is 11.8. The smallest absolute Gasteiger partial charge is 0.264 e. The number of carbonyl (C=O) groups excluding carboxylic acids is 2. The molecule has 1 N–H and O–H groups in total. The molecule has 242 valence electrons. The van der Waals surface area contributed by atoms with Gasteiger partial charge in [0.05, 0.1) is 20.6 Å². The molecule has 11 heteroatoms. The summed E-state index contributed by atoms with van der Waals surface area (Å²) in [5.74, 6) is -1.60. The number of benzene rings is 4. The normalized spacial score (nSPS) is 12.7. The summed E-state index contributed by atoms with van der Waals surface area (Å²) in [6.07, 6.45) is 0.840. The van der Waals surface area contributed by atoms with Gasteiger partial charge in [-0.1, -0.05) is 84.2 Å². The van der Waals surface area contributed by atoms with Crippen LogP contribution in [0.3, 0.4) is 0 Å². The number of rotatable bonds is 13. The summed E-state index contributed by atoms with van der Waals surface area (Å²) in [5, 5.41) is 3.60. The maximum absolute atomic E-state index is 14.5. The van der Waals surface area contributed by atoms with Gasteiger partial charge in [-0.25, -0.2) is 12.8 Å². The molecule has 0 unspecified atom stereocenters. The van der Waals surface area contributed by atoms with Crippen molar-refractivity contribution in [1.82, 2.24) is 10.2 Å².